The lowest BCUT2D eigenvalue weighted by atomic mass is 10.0. The number of nitrogens with one attached hydrogen (secondary N) is 3. The number of H-pyrrole nitrogens is 2. The normalized spacial score (nSPS) is 12.6. The molecule has 0 spiro atoms. The van der Waals surface area contributed by atoms with Crippen LogP contribution in [-0.2, 0) is 32.1 Å². The van der Waals surface area contributed by atoms with Crippen LogP contribution in [0.4, 0.5) is 0 Å². The van der Waals surface area contributed by atoms with E-state index in [0.717, 1.165) is 15.5 Å². The predicted molar refractivity (Wildman–Crippen MR) is 150 cm³/mol. The summed E-state index contributed by atoms with van der Waals surface area (Å²) in [5.74, 6) is -3.22. The molecule has 0 unspecified atom stereocenters. The highest BCUT2D eigenvalue weighted by Gasteiger charge is 2.31. The van der Waals surface area contributed by atoms with Gasteiger partial charge in [-0.1, -0.05) is 60.7 Å². The molecule has 0 bridgehead atoms. The first-order chi connectivity index (χ1) is 19.8. The number of hydrogen-bond acceptors (Lipinski definition) is 6. The maximum Gasteiger partial charge on any atom is 0.329 e. The molecule has 208 valence electrons. The highest BCUT2D eigenvalue weighted by Crippen LogP contribution is 2.23. The Morgan fingerprint density at radius 3 is 2.27 bits per heavy atom. The number of carbonyl (C=O) groups is 3. The van der Waals surface area contributed by atoms with Crippen molar-refractivity contribution in [3.05, 3.63) is 117 Å². The summed E-state index contributed by atoms with van der Waals surface area (Å²) in [4.78, 5) is 70.5. The Hall–Kier alpha value is -5.45. The first kappa shape index (κ1) is 27.1. The molecule has 0 aliphatic rings. The summed E-state index contributed by atoms with van der Waals surface area (Å²) in [6.45, 7) is -0.0645. The van der Waals surface area contributed by atoms with E-state index in [2.05, 4.69) is 15.3 Å². The van der Waals surface area contributed by atoms with Gasteiger partial charge in [-0.3, -0.25) is 14.4 Å². The second kappa shape index (κ2) is 11.7. The topological polar surface area (TPSA) is 163 Å². The van der Waals surface area contributed by atoms with Gasteiger partial charge in [0.25, 0.3) is 5.56 Å². The van der Waals surface area contributed by atoms with Crippen molar-refractivity contribution < 1.29 is 24.2 Å². The third-order valence-corrected chi connectivity index (χ3v) is 6.77. The van der Waals surface area contributed by atoms with E-state index in [1.807, 2.05) is 24.3 Å². The number of para-hydroxylation sites is 2. The van der Waals surface area contributed by atoms with Crippen LogP contribution < -0.4 is 16.6 Å². The maximum absolute atomic E-state index is 13.7. The van der Waals surface area contributed by atoms with Gasteiger partial charge in [0.2, 0.25) is 5.91 Å². The zero-order valence-electron chi connectivity index (χ0n) is 21.7. The third-order valence-electron chi connectivity index (χ3n) is 6.77. The third kappa shape index (κ3) is 5.93. The summed E-state index contributed by atoms with van der Waals surface area (Å²) < 4.78 is 5.97. The van der Waals surface area contributed by atoms with Crippen molar-refractivity contribution in [2.45, 2.75) is 31.5 Å². The molecule has 0 aliphatic heterocycles. The van der Waals surface area contributed by atoms with Crippen LogP contribution in [0.15, 0.2) is 94.6 Å². The van der Waals surface area contributed by atoms with E-state index in [-0.39, 0.29) is 18.4 Å². The van der Waals surface area contributed by atoms with E-state index >= 15 is 0 Å². The van der Waals surface area contributed by atoms with Crippen molar-refractivity contribution >= 4 is 39.7 Å². The molecule has 2 atom stereocenters. The monoisotopic (exact) mass is 554 g/mol. The second-order valence-corrected chi connectivity index (χ2v) is 9.48. The number of esters is 1. The Bertz CT molecular complexity index is 1860. The summed E-state index contributed by atoms with van der Waals surface area (Å²) >= 11 is 0. The number of aromatic amines is 2. The number of aromatic nitrogens is 3. The minimum absolute atomic E-state index is 0.0645. The minimum atomic E-state index is -1.66. The molecule has 1 amide bonds. The summed E-state index contributed by atoms with van der Waals surface area (Å²) in [5, 5.41) is 13.1. The molecule has 11 heteroatoms. The number of fused-ring (bicyclic) bond motifs is 2. The summed E-state index contributed by atoms with van der Waals surface area (Å²) in [6, 6.07) is 19.4. The molecule has 2 heterocycles. The zero-order valence-corrected chi connectivity index (χ0v) is 21.7. The first-order valence-electron chi connectivity index (χ1n) is 12.8. The molecule has 0 aliphatic carbocycles. The van der Waals surface area contributed by atoms with Crippen molar-refractivity contribution in [3.8, 4) is 0 Å². The molecule has 4 N–H and O–H groups in total. The molecule has 0 radical (unpaired) electrons. The SMILES string of the molecule is O=C(C[C@H](NC(=O)[C@H](Cc1c[nH]c2ccccc12)n1c(=O)[nH]c2ccccc2c1=O)C(=O)O)OCc1ccccc1. The second-order valence-electron chi connectivity index (χ2n) is 9.48. The van der Waals surface area contributed by atoms with Crippen LogP contribution in [0, 0.1) is 0 Å². The van der Waals surface area contributed by atoms with Gasteiger partial charge in [0.05, 0.1) is 17.3 Å². The van der Waals surface area contributed by atoms with Gasteiger partial charge in [-0.05, 0) is 29.3 Å². The Morgan fingerprint density at radius 1 is 0.878 bits per heavy atom. The molecular weight excluding hydrogens is 528 g/mol. The lowest BCUT2D eigenvalue weighted by molar-refractivity contribution is -0.151. The molecule has 5 aromatic rings. The van der Waals surface area contributed by atoms with Crippen LogP contribution in [0.5, 0.6) is 0 Å². The number of nitrogens with zero attached hydrogens (tertiary/aromatic N) is 1. The smallest absolute Gasteiger partial charge is 0.329 e. The molecule has 0 saturated carbocycles. The number of ether oxygens (including phenoxy) is 1. The summed E-state index contributed by atoms with van der Waals surface area (Å²) in [7, 11) is 0. The Balaban J connectivity index is 1.45. The largest absolute Gasteiger partial charge is 0.480 e. The van der Waals surface area contributed by atoms with Gasteiger partial charge in [-0.25, -0.2) is 14.2 Å². The minimum Gasteiger partial charge on any atom is -0.480 e. The quantitative estimate of drug-likeness (QED) is 0.193. The van der Waals surface area contributed by atoms with E-state index in [1.165, 1.54) is 6.07 Å². The highest BCUT2D eigenvalue weighted by atomic mass is 16.5. The molecule has 2 aromatic heterocycles. The number of carbonyl (C=O) groups excluding carboxylic acids is 2. The van der Waals surface area contributed by atoms with E-state index in [4.69, 9.17) is 4.74 Å². The molecule has 5 rings (SSSR count). The maximum atomic E-state index is 13.7. The fraction of sp³-hybridized carbons (Fsp3) is 0.167. The Morgan fingerprint density at radius 2 is 1.54 bits per heavy atom. The van der Waals surface area contributed by atoms with E-state index < -0.39 is 47.6 Å². The van der Waals surface area contributed by atoms with E-state index in [1.54, 1.807) is 54.7 Å². The van der Waals surface area contributed by atoms with Gasteiger partial charge < -0.3 is 25.1 Å². The van der Waals surface area contributed by atoms with Crippen LogP contribution in [0.1, 0.15) is 23.6 Å². The number of hydrogen-bond donors (Lipinski definition) is 4. The zero-order chi connectivity index (χ0) is 28.9. The molecule has 11 nitrogen and oxygen atoms in total. The summed E-state index contributed by atoms with van der Waals surface area (Å²) in [6.07, 6.45) is 0.902. The number of rotatable bonds is 10. The fourth-order valence-corrected chi connectivity index (χ4v) is 4.70. The molecular formula is C30H26N4O7. The van der Waals surface area contributed by atoms with Gasteiger partial charge in [0, 0.05) is 23.5 Å². The van der Waals surface area contributed by atoms with Crippen molar-refractivity contribution in [1.82, 2.24) is 19.9 Å². The Labute approximate surface area is 232 Å². The van der Waals surface area contributed by atoms with E-state index in [9.17, 15) is 29.1 Å². The number of amides is 1. The van der Waals surface area contributed by atoms with Gasteiger partial charge in [0.15, 0.2) is 0 Å². The molecule has 3 aromatic carbocycles. The van der Waals surface area contributed by atoms with Crippen molar-refractivity contribution in [1.29, 1.82) is 0 Å². The standard InChI is InChI=1S/C30H26N4O7/c35-26(41-17-18-8-2-1-3-9-18)15-24(29(38)39)32-27(36)25(14-19-16-31-22-12-6-4-10-20(19)22)34-28(37)21-11-5-7-13-23(21)33-30(34)40/h1-13,16,24-25,31H,14-15,17H2,(H,32,36)(H,33,40)(H,38,39)/t24-,25-/m0/s1. The Kier molecular flexibility index (Phi) is 7.77. The molecule has 0 saturated heterocycles. The van der Waals surface area contributed by atoms with Gasteiger partial charge in [-0.15, -0.1) is 0 Å². The lowest BCUT2D eigenvalue weighted by Crippen LogP contribution is -2.50. The van der Waals surface area contributed by atoms with Crippen molar-refractivity contribution in [2.24, 2.45) is 0 Å². The first-order valence-corrected chi connectivity index (χ1v) is 12.8. The molecule has 0 fully saturated rings. The van der Waals surface area contributed by atoms with Gasteiger partial charge in [0.1, 0.15) is 18.7 Å². The predicted octanol–water partition coefficient (Wildman–Crippen LogP) is 2.66. The number of aliphatic carboxylic acids is 1. The van der Waals surface area contributed by atoms with Crippen LogP contribution in [0.2, 0.25) is 0 Å². The fourth-order valence-electron chi connectivity index (χ4n) is 4.70. The van der Waals surface area contributed by atoms with E-state index in [0.29, 0.717) is 16.6 Å². The van der Waals surface area contributed by atoms with Crippen LogP contribution >= 0.6 is 0 Å². The van der Waals surface area contributed by atoms with Gasteiger partial charge >= 0.3 is 17.6 Å². The summed E-state index contributed by atoms with van der Waals surface area (Å²) in [5.41, 5.74) is 0.890. The lowest BCUT2D eigenvalue weighted by Gasteiger charge is -2.21. The van der Waals surface area contributed by atoms with Gasteiger partial charge in [-0.2, -0.15) is 0 Å². The van der Waals surface area contributed by atoms with Crippen molar-refractivity contribution in [3.63, 3.8) is 0 Å². The average Bonchev–Trinajstić information content (AvgIpc) is 3.38. The molecule has 41 heavy (non-hydrogen) atoms. The number of carboxylic acid groups (broad SMARTS) is 1. The number of benzene rings is 3. The van der Waals surface area contributed by atoms with Crippen molar-refractivity contribution in [2.75, 3.05) is 0 Å². The van der Waals surface area contributed by atoms with Crippen LogP contribution in [0.3, 0.4) is 0 Å². The number of carboxylic acids is 1. The average molecular weight is 555 g/mol. The highest BCUT2D eigenvalue weighted by molar-refractivity contribution is 5.90. The van der Waals surface area contributed by atoms with Crippen LogP contribution in [-0.4, -0.2) is 43.5 Å². The van der Waals surface area contributed by atoms with Crippen LogP contribution in [0.25, 0.3) is 21.8 Å².